The first kappa shape index (κ1) is 30.2. The first-order valence-corrected chi connectivity index (χ1v) is 13.3. The second kappa shape index (κ2) is 14.7. The summed E-state index contributed by atoms with van der Waals surface area (Å²) >= 11 is 12.0. The topological polar surface area (TPSA) is 119 Å². The summed E-state index contributed by atoms with van der Waals surface area (Å²) < 4.78 is 16.7. The van der Waals surface area contributed by atoms with E-state index in [4.69, 9.17) is 37.4 Å². The van der Waals surface area contributed by atoms with E-state index in [1.54, 1.807) is 43.0 Å². The number of hydrogen-bond acceptors (Lipinski definition) is 7. The quantitative estimate of drug-likeness (QED) is 0.311. The number of halogens is 2. The van der Waals surface area contributed by atoms with Crippen LogP contribution in [0.25, 0.3) is 0 Å². The predicted octanol–water partition coefficient (Wildman–Crippen LogP) is 3.53. The van der Waals surface area contributed by atoms with Crippen molar-refractivity contribution in [1.29, 1.82) is 0 Å². The summed E-state index contributed by atoms with van der Waals surface area (Å²) in [7, 11) is 0. The molecule has 0 spiro atoms. The van der Waals surface area contributed by atoms with E-state index in [1.165, 1.54) is 18.3 Å². The molecular formula is C27H32Cl2N4O6. The van der Waals surface area contributed by atoms with Crippen molar-refractivity contribution in [2.45, 2.75) is 26.8 Å². The molecule has 2 N–H and O–H groups in total. The van der Waals surface area contributed by atoms with E-state index in [2.05, 4.69) is 15.8 Å². The first-order chi connectivity index (χ1) is 18.7. The Labute approximate surface area is 237 Å². The molecule has 2 aromatic rings. The van der Waals surface area contributed by atoms with Crippen LogP contribution in [-0.2, 0) is 14.3 Å². The van der Waals surface area contributed by atoms with Gasteiger partial charge in [0.25, 0.3) is 17.7 Å². The molecule has 1 atom stereocenters. The SMILES string of the molecule is CCOc1cc(C=NNC(=O)C(NC(=O)c2ccc(Cl)cc2Cl)C(C)C)ccc1OCC(=O)N1CCOCC1. The number of morpholine rings is 1. The van der Waals surface area contributed by atoms with Crippen molar-refractivity contribution in [3.8, 4) is 11.5 Å². The Hall–Kier alpha value is -3.34. The van der Waals surface area contributed by atoms with Crippen LogP contribution in [0.15, 0.2) is 41.5 Å². The molecule has 1 saturated heterocycles. The van der Waals surface area contributed by atoms with Gasteiger partial charge in [-0.25, -0.2) is 5.43 Å². The molecule has 10 nitrogen and oxygen atoms in total. The van der Waals surface area contributed by atoms with Gasteiger partial charge in [0.2, 0.25) is 0 Å². The molecule has 12 heteroatoms. The predicted molar refractivity (Wildman–Crippen MR) is 149 cm³/mol. The average molecular weight is 579 g/mol. The lowest BCUT2D eigenvalue weighted by Crippen LogP contribution is -2.48. The monoisotopic (exact) mass is 578 g/mol. The molecule has 1 unspecified atom stereocenters. The van der Waals surface area contributed by atoms with Gasteiger partial charge >= 0.3 is 0 Å². The zero-order valence-corrected chi connectivity index (χ0v) is 23.6. The van der Waals surface area contributed by atoms with Gasteiger partial charge in [0, 0.05) is 18.1 Å². The van der Waals surface area contributed by atoms with Gasteiger partial charge in [-0.1, -0.05) is 37.0 Å². The van der Waals surface area contributed by atoms with E-state index in [0.717, 1.165) is 0 Å². The average Bonchev–Trinajstić information content (AvgIpc) is 2.91. The van der Waals surface area contributed by atoms with E-state index in [-0.39, 0.29) is 29.0 Å². The third-order valence-electron chi connectivity index (χ3n) is 5.78. The molecule has 0 bridgehead atoms. The number of rotatable bonds is 11. The van der Waals surface area contributed by atoms with Gasteiger partial charge in [-0.3, -0.25) is 14.4 Å². The molecule has 1 aliphatic heterocycles. The third kappa shape index (κ3) is 8.84. The van der Waals surface area contributed by atoms with Gasteiger partial charge in [-0.05, 0) is 54.8 Å². The Morgan fingerprint density at radius 3 is 2.49 bits per heavy atom. The maximum absolute atomic E-state index is 12.8. The van der Waals surface area contributed by atoms with Crippen molar-refractivity contribution in [1.82, 2.24) is 15.6 Å². The maximum atomic E-state index is 12.8. The zero-order chi connectivity index (χ0) is 28.4. The third-order valence-corrected chi connectivity index (χ3v) is 6.33. The summed E-state index contributed by atoms with van der Waals surface area (Å²) in [5.74, 6) is -0.488. The number of nitrogens with one attached hydrogen (secondary N) is 2. The van der Waals surface area contributed by atoms with Crippen LogP contribution in [0.3, 0.4) is 0 Å². The molecule has 2 aromatic carbocycles. The number of nitrogens with zero attached hydrogens (tertiary/aromatic N) is 2. The van der Waals surface area contributed by atoms with Crippen LogP contribution >= 0.6 is 23.2 Å². The molecule has 3 rings (SSSR count). The molecule has 3 amide bonds. The van der Waals surface area contributed by atoms with Gasteiger partial charge in [0.15, 0.2) is 18.1 Å². The minimum Gasteiger partial charge on any atom is -0.490 e. The van der Waals surface area contributed by atoms with Crippen LogP contribution in [0.4, 0.5) is 0 Å². The Morgan fingerprint density at radius 1 is 1.08 bits per heavy atom. The molecule has 210 valence electrons. The highest BCUT2D eigenvalue weighted by molar-refractivity contribution is 6.36. The number of benzene rings is 2. The van der Waals surface area contributed by atoms with E-state index in [9.17, 15) is 14.4 Å². The van der Waals surface area contributed by atoms with Gasteiger partial charge in [-0.2, -0.15) is 5.10 Å². The highest BCUT2D eigenvalue weighted by Gasteiger charge is 2.25. The molecule has 39 heavy (non-hydrogen) atoms. The molecule has 1 fully saturated rings. The summed E-state index contributed by atoms with van der Waals surface area (Å²) in [6.07, 6.45) is 1.44. The van der Waals surface area contributed by atoms with Crippen molar-refractivity contribution in [2.75, 3.05) is 39.5 Å². The van der Waals surface area contributed by atoms with Crippen molar-refractivity contribution in [2.24, 2.45) is 11.0 Å². The van der Waals surface area contributed by atoms with E-state index < -0.39 is 17.9 Å². The summed E-state index contributed by atoms with van der Waals surface area (Å²) in [6, 6.07) is 8.73. The zero-order valence-electron chi connectivity index (χ0n) is 22.0. The number of carbonyl (C=O) groups is 3. The Balaban J connectivity index is 1.61. The van der Waals surface area contributed by atoms with E-state index >= 15 is 0 Å². The van der Waals surface area contributed by atoms with Crippen LogP contribution in [0.1, 0.15) is 36.7 Å². The van der Waals surface area contributed by atoms with Gasteiger partial charge in [0.1, 0.15) is 6.04 Å². The lowest BCUT2D eigenvalue weighted by molar-refractivity contribution is -0.137. The lowest BCUT2D eigenvalue weighted by atomic mass is 10.0. The van der Waals surface area contributed by atoms with E-state index in [1.807, 2.05) is 6.92 Å². The fourth-order valence-electron chi connectivity index (χ4n) is 3.70. The molecule has 1 heterocycles. The minimum atomic E-state index is -0.861. The molecule has 1 aliphatic rings. The minimum absolute atomic E-state index is 0.118. The van der Waals surface area contributed by atoms with Crippen LogP contribution in [0.5, 0.6) is 11.5 Å². The lowest BCUT2D eigenvalue weighted by Gasteiger charge is -2.26. The molecule has 0 aromatic heterocycles. The maximum Gasteiger partial charge on any atom is 0.262 e. The number of ether oxygens (including phenoxy) is 3. The number of carbonyl (C=O) groups excluding carboxylic acids is 3. The Morgan fingerprint density at radius 2 is 1.82 bits per heavy atom. The van der Waals surface area contributed by atoms with Crippen molar-refractivity contribution < 1.29 is 28.6 Å². The second-order valence-corrected chi connectivity index (χ2v) is 9.82. The van der Waals surface area contributed by atoms with Crippen molar-refractivity contribution in [3.63, 3.8) is 0 Å². The van der Waals surface area contributed by atoms with Crippen molar-refractivity contribution >= 4 is 47.1 Å². The van der Waals surface area contributed by atoms with Crippen LogP contribution in [0, 0.1) is 5.92 Å². The van der Waals surface area contributed by atoms with E-state index in [0.29, 0.717) is 55.0 Å². The summed E-state index contributed by atoms with van der Waals surface area (Å²) in [4.78, 5) is 39.6. The molecule has 0 radical (unpaired) electrons. The smallest absolute Gasteiger partial charge is 0.262 e. The summed E-state index contributed by atoms with van der Waals surface area (Å²) in [6.45, 7) is 7.81. The molecular weight excluding hydrogens is 547 g/mol. The number of hydrazone groups is 1. The molecule has 0 aliphatic carbocycles. The second-order valence-electron chi connectivity index (χ2n) is 8.97. The molecule has 0 saturated carbocycles. The number of hydrogen-bond donors (Lipinski definition) is 2. The van der Waals surface area contributed by atoms with Gasteiger partial charge in [-0.15, -0.1) is 0 Å². The van der Waals surface area contributed by atoms with Gasteiger partial charge in [0.05, 0.1) is 36.6 Å². The largest absolute Gasteiger partial charge is 0.490 e. The highest BCUT2D eigenvalue weighted by atomic mass is 35.5. The Bertz CT molecular complexity index is 1200. The standard InChI is InChI=1S/C27H32Cl2N4O6/c1-4-38-23-13-18(5-8-22(23)39-16-24(34)33-9-11-37-12-10-33)15-30-32-27(36)25(17(2)3)31-26(35)20-7-6-19(28)14-21(20)29/h5-8,13-15,17,25H,4,9-12,16H2,1-3H3,(H,31,35)(H,32,36). The van der Waals surface area contributed by atoms with Crippen LogP contribution in [0.2, 0.25) is 10.0 Å². The first-order valence-electron chi connectivity index (χ1n) is 12.5. The fraction of sp³-hybridized carbons (Fsp3) is 0.407. The van der Waals surface area contributed by atoms with Gasteiger partial charge < -0.3 is 24.4 Å². The Kier molecular flexibility index (Phi) is 11.4. The highest BCUT2D eigenvalue weighted by Crippen LogP contribution is 2.28. The normalized spacial score (nSPS) is 14.3. The van der Waals surface area contributed by atoms with Crippen molar-refractivity contribution in [3.05, 3.63) is 57.6 Å². The number of amides is 3. The van der Waals surface area contributed by atoms with Crippen LogP contribution < -0.4 is 20.2 Å². The summed E-state index contributed by atoms with van der Waals surface area (Å²) in [5.41, 5.74) is 3.30. The summed E-state index contributed by atoms with van der Waals surface area (Å²) in [5, 5.41) is 7.31. The van der Waals surface area contributed by atoms with Crippen LogP contribution in [-0.4, -0.2) is 74.4 Å². The fourth-order valence-corrected chi connectivity index (χ4v) is 4.20.